The quantitative estimate of drug-likeness (QED) is 0.427. The average molecular weight is 477 g/mol. The van der Waals surface area contributed by atoms with Gasteiger partial charge in [0.2, 0.25) is 0 Å². The summed E-state index contributed by atoms with van der Waals surface area (Å²) in [5.41, 5.74) is 3.47. The van der Waals surface area contributed by atoms with Gasteiger partial charge in [0, 0.05) is 17.2 Å². The first-order chi connectivity index (χ1) is 16.5. The van der Waals surface area contributed by atoms with Crippen molar-refractivity contribution in [3.63, 3.8) is 0 Å². The number of anilines is 2. The zero-order valence-electron chi connectivity index (χ0n) is 19.2. The van der Waals surface area contributed by atoms with E-state index in [-0.39, 0.29) is 22.8 Å². The molecule has 0 radical (unpaired) electrons. The summed E-state index contributed by atoms with van der Waals surface area (Å²) in [6.45, 7) is 2.32. The summed E-state index contributed by atoms with van der Waals surface area (Å²) < 4.78 is 40.5. The molecule has 6 nitrogen and oxygen atoms in total. The summed E-state index contributed by atoms with van der Waals surface area (Å²) in [4.78, 5) is 0.231. The smallest absolute Gasteiger partial charge is 0.262 e. The van der Waals surface area contributed by atoms with Crippen molar-refractivity contribution in [2.75, 3.05) is 23.8 Å². The van der Waals surface area contributed by atoms with E-state index in [0.29, 0.717) is 18.0 Å². The molecule has 1 aliphatic carbocycles. The van der Waals surface area contributed by atoms with Crippen molar-refractivity contribution in [3.8, 4) is 11.5 Å². The van der Waals surface area contributed by atoms with E-state index in [1.54, 1.807) is 37.4 Å². The predicted molar refractivity (Wildman–Crippen MR) is 134 cm³/mol. The first-order valence-electron chi connectivity index (χ1n) is 11.5. The van der Waals surface area contributed by atoms with Crippen LogP contribution in [0.1, 0.15) is 36.4 Å². The largest absolute Gasteiger partial charge is 0.496 e. The lowest BCUT2D eigenvalue weighted by Gasteiger charge is -2.38. The molecular weight excluding hydrogens is 448 g/mol. The number of allylic oxidation sites excluding steroid dienone is 2. The number of hydrogen-bond acceptors (Lipinski definition) is 5. The van der Waals surface area contributed by atoms with Gasteiger partial charge in [0.05, 0.1) is 30.3 Å². The summed E-state index contributed by atoms with van der Waals surface area (Å²) in [5, 5.41) is 3.66. The molecule has 0 bridgehead atoms. The van der Waals surface area contributed by atoms with Gasteiger partial charge in [-0.2, -0.15) is 0 Å². The van der Waals surface area contributed by atoms with E-state index in [0.717, 1.165) is 29.0 Å². The Labute approximate surface area is 200 Å². The lowest BCUT2D eigenvalue weighted by Crippen LogP contribution is -2.29. The normalized spacial score (nSPS) is 20.7. The topological polar surface area (TPSA) is 76.7 Å². The van der Waals surface area contributed by atoms with E-state index >= 15 is 0 Å². The van der Waals surface area contributed by atoms with E-state index in [1.165, 1.54) is 0 Å². The number of benzene rings is 3. The van der Waals surface area contributed by atoms with Gasteiger partial charge in [-0.3, -0.25) is 4.72 Å². The van der Waals surface area contributed by atoms with Gasteiger partial charge in [-0.1, -0.05) is 42.5 Å². The molecule has 1 aliphatic heterocycles. The number of para-hydroxylation sites is 3. The van der Waals surface area contributed by atoms with Crippen LogP contribution in [0.25, 0.3) is 0 Å². The van der Waals surface area contributed by atoms with Crippen LogP contribution in [0.3, 0.4) is 0 Å². The number of nitrogens with one attached hydrogen (secondary N) is 2. The van der Waals surface area contributed by atoms with Crippen LogP contribution >= 0.6 is 0 Å². The van der Waals surface area contributed by atoms with Crippen molar-refractivity contribution in [3.05, 3.63) is 90.0 Å². The van der Waals surface area contributed by atoms with E-state index in [4.69, 9.17) is 9.47 Å². The fourth-order valence-corrected chi connectivity index (χ4v) is 6.11. The highest BCUT2D eigenvalue weighted by Crippen LogP contribution is 2.51. The molecule has 0 fully saturated rings. The molecule has 2 N–H and O–H groups in total. The molecule has 0 amide bonds. The first kappa shape index (κ1) is 22.3. The molecule has 2 aliphatic rings. The number of methoxy groups -OCH3 is 1. The Hall–Kier alpha value is -3.45. The highest BCUT2D eigenvalue weighted by atomic mass is 32.2. The molecule has 1 heterocycles. The minimum atomic E-state index is -3.79. The molecule has 0 spiro atoms. The molecule has 0 saturated heterocycles. The fraction of sp³-hybridized carbons (Fsp3) is 0.259. The number of sulfonamides is 1. The minimum Gasteiger partial charge on any atom is -0.496 e. The summed E-state index contributed by atoms with van der Waals surface area (Å²) >= 11 is 0. The number of rotatable bonds is 7. The first-order valence-corrected chi connectivity index (χ1v) is 12.9. The van der Waals surface area contributed by atoms with Crippen molar-refractivity contribution >= 4 is 21.4 Å². The lowest BCUT2D eigenvalue weighted by molar-refractivity contribution is 0.342. The van der Waals surface area contributed by atoms with Gasteiger partial charge in [-0.25, -0.2) is 8.42 Å². The van der Waals surface area contributed by atoms with Crippen LogP contribution in [-0.4, -0.2) is 22.1 Å². The standard InChI is InChI=1S/C27H28N2O4S/c1-3-33-26-14-7-5-12-24(26)29-34(30,31)18-15-16-23-22(17-18)19-10-8-11-20(19)27(28-23)21-9-4-6-13-25(21)32-2/h4-10,12-17,19-20,27-29H,3,11H2,1-2H3/t19-,20+,27-/m0/s1. The molecule has 0 aromatic heterocycles. The lowest BCUT2D eigenvalue weighted by atomic mass is 9.77. The van der Waals surface area contributed by atoms with Gasteiger partial charge in [-0.15, -0.1) is 0 Å². The third kappa shape index (κ3) is 4.01. The molecular formula is C27H28N2O4S. The Morgan fingerprint density at radius 1 is 1.00 bits per heavy atom. The van der Waals surface area contributed by atoms with Crippen LogP contribution in [0.15, 0.2) is 83.8 Å². The van der Waals surface area contributed by atoms with Gasteiger partial charge < -0.3 is 14.8 Å². The Bertz CT molecular complexity index is 1340. The maximum absolute atomic E-state index is 13.3. The number of fused-ring (bicyclic) bond motifs is 3. The molecule has 0 unspecified atom stereocenters. The Morgan fingerprint density at radius 2 is 1.76 bits per heavy atom. The summed E-state index contributed by atoms with van der Waals surface area (Å²) in [5.74, 6) is 1.75. The van der Waals surface area contributed by atoms with E-state index < -0.39 is 10.0 Å². The highest BCUT2D eigenvalue weighted by Gasteiger charge is 2.39. The van der Waals surface area contributed by atoms with Crippen molar-refractivity contribution in [2.45, 2.75) is 30.2 Å². The van der Waals surface area contributed by atoms with Gasteiger partial charge >= 0.3 is 0 Å². The molecule has 176 valence electrons. The van der Waals surface area contributed by atoms with Crippen molar-refractivity contribution < 1.29 is 17.9 Å². The van der Waals surface area contributed by atoms with Crippen molar-refractivity contribution in [1.29, 1.82) is 0 Å². The monoisotopic (exact) mass is 476 g/mol. The van der Waals surface area contributed by atoms with Crippen molar-refractivity contribution in [1.82, 2.24) is 0 Å². The number of ether oxygens (including phenoxy) is 2. The van der Waals surface area contributed by atoms with Gasteiger partial charge in [0.1, 0.15) is 11.5 Å². The third-order valence-electron chi connectivity index (χ3n) is 6.55. The molecule has 3 atom stereocenters. The Balaban J connectivity index is 1.49. The second-order valence-corrected chi connectivity index (χ2v) is 10.2. The summed E-state index contributed by atoms with van der Waals surface area (Å²) in [6, 6.07) is 20.5. The van der Waals surface area contributed by atoms with Crippen LogP contribution in [0.4, 0.5) is 11.4 Å². The molecule has 34 heavy (non-hydrogen) atoms. The van der Waals surface area contributed by atoms with Crippen LogP contribution in [-0.2, 0) is 10.0 Å². The zero-order valence-corrected chi connectivity index (χ0v) is 20.0. The van der Waals surface area contributed by atoms with Crippen LogP contribution in [0, 0.1) is 5.92 Å². The van der Waals surface area contributed by atoms with Gasteiger partial charge in [0.25, 0.3) is 10.0 Å². The van der Waals surface area contributed by atoms with Crippen LogP contribution in [0.2, 0.25) is 0 Å². The summed E-state index contributed by atoms with van der Waals surface area (Å²) in [6.07, 6.45) is 5.30. The maximum atomic E-state index is 13.3. The van der Waals surface area contributed by atoms with Gasteiger partial charge in [-0.05, 0) is 61.2 Å². The van der Waals surface area contributed by atoms with Crippen LogP contribution < -0.4 is 19.5 Å². The van der Waals surface area contributed by atoms with Crippen LogP contribution in [0.5, 0.6) is 11.5 Å². The molecule has 7 heteroatoms. The minimum absolute atomic E-state index is 0.0716. The second-order valence-electron chi connectivity index (χ2n) is 8.50. The maximum Gasteiger partial charge on any atom is 0.262 e. The Morgan fingerprint density at radius 3 is 2.56 bits per heavy atom. The van der Waals surface area contributed by atoms with E-state index in [1.807, 2.05) is 37.3 Å². The van der Waals surface area contributed by atoms with E-state index in [2.05, 4.69) is 28.3 Å². The van der Waals surface area contributed by atoms with E-state index in [9.17, 15) is 8.42 Å². The fourth-order valence-electron chi connectivity index (χ4n) is 5.01. The molecule has 3 aromatic carbocycles. The molecule has 3 aromatic rings. The zero-order chi connectivity index (χ0) is 23.7. The highest BCUT2D eigenvalue weighted by molar-refractivity contribution is 7.92. The summed E-state index contributed by atoms with van der Waals surface area (Å²) in [7, 11) is -2.11. The molecule has 5 rings (SSSR count). The second kappa shape index (κ2) is 9.06. The SMILES string of the molecule is CCOc1ccccc1NS(=O)(=O)c1ccc2c(c1)[C@H]1C=CC[C@H]1[C@@H](c1ccccc1OC)N2. The third-order valence-corrected chi connectivity index (χ3v) is 7.91. The number of hydrogen-bond donors (Lipinski definition) is 2. The van der Waals surface area contributed by atoms with Gasteiger partial charge in [0.15, 0.2) is 0 Å². The van der Waals surface area contributed by atoms with Crippen molar-refractivity contribution in [2.24, 2.45) is 5.92 Å². The predicted octanol–water partition coefficient (Wildman–Crippen LogP) is 5.72. The molecule has 0 saturated carbocycles. The average Bonchev–Trinajstić information content (AvgIpc) is 3.35. The Kier molecular flexibility index (Phi) is 5.96.